The van der Waals surface area contributed by atoms with E-state index in [4.69, 9.17) is 4.74 Å². The second-order valence-electron chi connectivity index (χ2n) is 8.73. The Morgan fingerprint density at radius 1 is 1.07 bits per heavy atom. The lowest BCUT2D eigenvalue weighted by Crippen LogP contribution is -2.56. The lowest BCUT2D eigenvalue weighted by molar-refractivity contribution is -0.146. The Labute approximate surface area is 165 Å². The summed E-state index contributed by atoms with van der Waals surface area (Å²) in [6.07, 6.45) is 1.60. The Balaban J connectivity index is 1.69. The smallest absolute Gasteiger partial charge is 0.410 e. The third-order valence-electron chi connectivity index (χ3n) is 5.45. The zero-order valence-corrected chi connectivity index (χ0v) is 16.8. The van der Waals surface area contributed by atoms with E-state index in [1.165, 1.54) is 12.1 Å². The molecule has 0 radical (unpaired) electrons. The van der Waals surface area contributed by atoms with Crippen molar-refractivity contribution in [2.75, 3.05) is 26.2 Å². The maximum absolute atomic E-state index is 13.3. The number of rotatable bonds is 3. The Hall–Kier alpha value is -2.15. The van der Waals surface area contributed by atoms with Gasteiger partial charge in [0.2, 0.25) is 5.91 Å². The van der Waals surface area contributed by atoms with Crippen LogP contribution in [0.4, 0.5) is 9.18 Å². The van der Waals surface area contributed by atoms with E-state index >= 15 is 0 Å². The molecule has 1 N–H and O–H groups in total. The van der Waals surface area contributed by atoms with Gasteiger partial charge in [-0.15, -0.1) is 0 Å². The summed E-state index contributed by atoms with van der Waals surface area (Å²) in [6, 6.07) is 5.78. The van der Waals surface area contributed by atoms with Gasteiger partial charge in [-0.2, -0.15) is 0 Å². The van der Waals surface area contributed by atoms with Crippen molar-refractivity contribution in [3.8, 4) is 0 Å². The molecule has 1 saturated heterocycles. The molecule has 1 unspecified atom stereocenters. The first-order valence-corrected chi connectivity index (χ1v) is 9.84. The molecule has 1 heterocycles. The van der Waals surface area contributed by atoms with Gasteiger partial charge in [0.15, 0.2) is 0 Å². The number of hydrogen-bond acceptors (Lipinski definition) is 4. The highest BCUT2D eigenvalue weighted by Gasteiger charge is 2.48. The van der Waals surface area contributed by atoms with E-state index < -0.39 is 17.1 Å². The van der Waals surface area contributed by atoms with Crippen LogP contribution in [-0.4, -0.2) is 64.3 Å². The van der Waals surface area contributed by atoms with Gasteiger partial charge in [-0.3, -0.25) is 4.79 Å². The molecule has 2 amide bonds. The molecule has 2 aliphatic rings. The molecule has 7 heteroatoms. The fourth-order valence-electron chi connectivity index (χ4n) is 3.78. The van der Waals surface area contributed by atoms with Crippen LogP contribution in [0.1, 0.15) is 51.5 Å². The SMILES string of the molecule is CC(C)(C)OC(=O)N1CCN(C(=O)C(c2ccc(F)cc2)C2(O)CCC2)CC1. The molecule has 2 fully saturated rings. The largest absolute Gasteiger partial charge is 0.444 e. The van der Waals surface area contributed by atoms with Gasteiger partial charge in [-0.25, -0.2) is 9.18 Å². The molecule has 1 aliphatic heterocycles. The first-order chi connectivity index (χ1) is 13.1. The minimum absolute atomic E-state index is 0.169. The van der Waals surface area contributed by atoms with Crippen molar-refractivity contribution in [3.63, 3.8) is 0 Å². The minimum Gasteiger partial charge on any atom is -0.444 e. The number of hydrogen-bond donors (Lipinski definition) is 1. The van der Waals surface area contributed by atoms with E-state index in [0.29, 0.717) is 44.6 Å². The zero-order valence-electron chi connectivity index (χ0n) is 16.8. The Morgan fingerprint density at radius 2 is 1.61 bits per heavy atom. The van der Waals surface area contributed by atoms with Crippen molar-refractivity contribution in [2.24, 2.45) is 0 Å². The van der Waals surface area contributed by atoms with Gasteiger partial charge >= 0.3 is 6.09 Å². The van der Waals surface area contributed by atoms with E-state index in [1.807, 2.05) is 20.8 Å². The number of piperazine rings is 1. The van der Waals surface area contributed by atoms with Crippen molar-refractivity contribution < 1.29 is 23.8 Å². The number of amides is 2. The second-order valence-corrected chi connectivity index (χ2v) is 8.73. The predicted molar refractivity (Wildman–Crippen MR) is 102 cm³/mol. The van der Waals surface area contributed by atoms with E-state index in [2.05, 4.69) is 0 Å². The summed E-state index contributed by atoms with van der Waals surface area (Å²) in [5, 5.41) is 10.9. The van der Waals surface area contributed by atoms with Gasteiger partial charge in [0, 0.05) is 26.2 Å². The molecule has 1 aromatic rings. The van der Waals surface area contributed by atoms with Gasteiger partial charge in [0.1, 0.15) is 11.4 Å². The molecule has 1 aromatic carbocycles. The molecule has 0 aromatic heterocycles. The fourth-order valence-corrected chi connectivity index (χ4v) is 3.78. The lowest BCUT2D eigenvalue weighted by Gasteiger charge is -2.45. The highest BCUT2D eigenvalue weighted by molar-refractivity contribution is 5.85. The van der Waals surface area contributed by atoms with Crippen molar-refractivity contribution in [3.05, 3.63) is 35.6 Å². The third kappa shape index (κ3) is 4.46. The highest BCUT2D eigenvalue weighted by Crippen LogP contribution is 2.44. The molecule has 0 spiro atoms. The summed E-state index contributed by atoms with van der Waals surface area (Å²) in [6.45, 7) is 6.98. The minimum atomic E-state index is -1.09. The van der Waals surface area contributed by atoms with E-state index in [1.54, 1.807) is 21.9 Å². The first kappa shape index (κ1) is 20.6. The lowest BCUT2D eigenvalue weighted by atomic mass is 9.68. The molecule has 1 aliphatic carbocycles. The number of benzene rings is 1. The average Bonchev–Trinajstić information content (AvgIpc) is 2.60. The van der Waals surface area contributed by atoms with Crippen LogP contribution in [0.5, 0.6) is 0 Å². The van der Waals surface area contributed by atoms with Gasteiger partial charge in [-0.1, -0.05) is 12.1 Å². The van der Waals surface area contributed by atoms with Crippen LogP contribution in [0.25, 0.3) is 0 Å². The average molecular weight is 392 g/mol. The molecule has 0 bridgehead atoms. The number of carbonyl (C=O) groups is 2. The van der Waals surface area contributed by atoms with Crippen LogP contribution in [0.15, 0.2) is 24.3 Å². The Morgan fingerprint density at radius 3 is 2.07 bits per heavy atom. The van der Waals surface area contributed by atoms with Crippen LogP contribution in [0.2, 0.25) is 0 Å². The number of halogens is 1. The Kier molecular flexibility index (Phi) is 5.66. The molecule has 1 saturated carbocycles. The number of carbonyl (C=O) groups excluding carboxylic acids is 2. The predicted octanol–water partition coefficient (Wildman–Crippen LogP) is 2.90. The quantitative estimate of drug-likeness (QED) is 0.859. The Bertz CT molecular complexity index is 717. The van der Waals surface area contributed by atoms with E-state index in [9.17, 15) is 19.1 Å². The van der Waals surface area contributed by atoms with Crippen molar-refractivity contribution in [2.45, 2.75) is 57.2 Å². The normalized spacial score (nSPS) is 20.3. The van der Waals surface area contributed by atoms with Gasteiger partial charge in [-0.05, 0) is 57.7 Å². The molecule has 6 nitrogen and oxygen atoms in total. The standard InChI is InChI=1S/C21H29FN2O4/c1-20(2,3)28-19(26)24-13-11-23(12-14-24)18(25)17(21(27)9-4-10-21)15-5-7-16(22)8-6-15/h5-8,17,27H,4,9-14H2,1-3H3. The summed E-state index contributed by atoms with van der Waals surface area (Å²) in [4.78, 5) is 28.8. The zero-order chi connectivity index (χ0) is 20.5. The topological polar surface area (TPSA) is 70.1 Å². The van der Waals surface area contributed by atoms with Crippen molar-refractivity contribution in [1.82, 2.24) is 9.80 Å². The molecule has 154 valence electrons. The molecule has 28 heavy (non-hydrogen) atoms. The summed E-state index contributed by atoms with van der Waals surface area (Å²) < 4.78 is 18.7. The maximum Gasteiger partial charge on any atom is 0.410 e. The summed E-state index contributed by atoms with van der Waals surface area (Å²) in [7, 11) is 0. The van der Waals surface area contributed by atoms with Gasteiger partial charge < -0.3 is 19.6 Å². The van der Waals surface area contributed by atoms with Crippen molar-refractivity contribution >= 4 is 12.0 Å². The molecule has 1 atom stereocenters. The van der Waals surface area contributed by atoms with Crippen LogP contribution in [0, 0.1) is 5.82 Å². The maximum atomic E-state index is 13.3. The molecular formula is C21H29FN2O4. The first-order valence-electron chi connectivity index (χ1n) is 9.84. The number of nitrogens with zero attached hydrogens (tertiary/aromatic N) is 2. The van der Waals surface area contributed by atoms with Crippen LogP contribution < -0.4 is 0 Å². The van der Waals surface area contributed by atoms with Crippen LogP contribution in [-0.2, 0) is 9.53 Å². The highest BCUT2D eigenvalue weighted by atomic mass is 19.1. The molecule has 3 rings (SSSR count). The monoisotopic (exact) mass is 392 g/mol. The number of aliphatic hydroxyl groups is 1. The van der Waals surface area contributed by atoms with Crippen LogP contribution in [0.3, 0.4) is 0 Å². The fraction of sp³-hybridized carbons (Fsp3) is 0.619. The summed E-state index contributed by atoms with van der Waals surface area (Å²) in [5.74, 6) is -1.26. The summed E-state index contributed by atoms with van der Waals surface area (Å²) >= 11 is 0. The van der Waals surface area contributed by atoms with Crippen molar-refractivity contribution in [1.29, 1.82) is 0 Å². The van der Waals surface area contributed by atoms with Gasteiger partial charge in [0.25, 0.3) is 0 Å². The second kappa shape index (κ2) is 7.70. The summed E-state index contributed by atoms with van der Waals surface area (Å²) in [5.41, 5.74) is -1.02. The van der Waals surface area contributed by atoms with E-state index in [-0.39, 0.29) is 17.8 Å². The third-order valence-corrected chi connectivity index (χ3v) is 5.45. The van der Waals surface area contributed by atoms with Gasteiger partial charge in [0.05, 0.1) is 11.5 Å². The van der Waals surface area contributed by atoms with E-state index in [0.717, 1.165) is 6.42 Å². The van der Waals surface area contributed by atoms with Crippen LogP contribution >= 0.6 is 0 Å². The molecular weight excluding hydrogens is 363 g/mol. The number of ether oxygens (including phenoxy) is 1.